The molecule has 0 aliphatic carbocycles. The number of phenols is 1. The Balaban J connectivity index is 1.75. The standard InChI is InChI=1S/C29H30N2O4/c1-3-5-6-7-8-25(30-35)29(34)21-12-16-27-24(18-21)23-17-20(11-15-26(23)31(27)4-2)28(33)19-9-13-22(32)14-10-19/h9-18,32,35H,3-8H2,1-2H3/b30-25+. The molecule has 3 aromatic carbocycles. The molecule has 1 aromatic heterocycles. The summed E-state index contributed by atoms with van der Waals surface area (Å²) < 4.78 is 2.15. The van der Waals surface area contributed by atoms with Gasteiger partial charge in [0.25, 0.3) is 0 Å². The molecule has 2 N–H and O–H groups in total. The minimum atomic E-state index is -0.278. The van der Waals surface area contributed by atoms with Crippen LogP contribution >= 0.6 is 0 Å². The quantitative estimate of drug-likeness (QED) is 0.0883. The Morgan fingerprint density at radius 2 is 1.40 bits per heavy atom. The number of ketones is 2. The van der Waals surface area contributed by atoms with Crippen molar-refractivity contribution in [2.75, 3.05) is 0 Å². The molecular weight excluding hydrogens is 440 g/mol. The Labute approximate surface area is 204 Å². The van der Waals surface area contributed by atoms with E-state index in [-0.39, 0.29) is 23.0 Å². The molecule has 0 saturated heterocycles. The third-order valence-electron chi connectivity index (χ3n) is 6.48. The zero-order valence-corrected chi connectivity index (χ0v) is 20.1. The molecule has 6 nitrogen and oxygen atoms in total. The number of fused-ring (bicyclic) bond motifs is 3. The van der Waals surface area contributed by atoms with Crippen molar-refractivity contribution in [1.29, 1.82) is 0 Å². The molecule has 0 atom stereocenters. The molecule has 0 bridgehead atoms. The minimum Gasteiger partial charge on any atom is -0.508 e. The average Bonchev–Trinajstić information content (AvgIpc) is 3.20. The summed E-state index contributed by atoms with van der Waals surface area (Å²) in [4.78, 5) is 26.2. The highest BCUT2D eigenvalue weighted by molar-refractivity contribution is 6.46. The number of aromatic hydroxyl groups is 1. The molecule has 0 saturated carbocycles. The normalized spacial score (nSPS) is 11.9. The average molecular weight is 471 g/mol. The zero-order valence-electron chi connectivity index (χ0n) is 20.1. The first kappa shape index (κ1) is 24.2. The summed E-state index contributed by atoms with van der Waals surface area (Å²) in [5, 5.41) is 24.1. The third kappa shape index (κ3) is 4.83. The van der Waals surface area contributed by atoms with Crippen LogP contribution in [-0.4, -0.2) is 32.2 Å². The highest BCUT2D eigenvalue weighted by atomic mass is 16.4. The molecule has 6 heteroatoms. The van der Waals surface area contributed by atoms with Crippen molar-refractivity contribution in [3.8, 4) is 5.75 Å². The number of nitrogens with zero attached hydrogens (tertiary/aromatic N) is 2. The number of aromatic nitrogens is 1. The highest BCUT2D eigenvalue weighted by Gasteiger charge is 2.19. The molecule has 180 valence electrons. The molecule has 4 rings (SSSR count). The molecule has 35 heavy (non-hydrogen) atoms. The second-order valence-electron chi connectivity index (χ2n) is 8.77. The van der Waals surface area contributed by atoms with Gasteiger partial charge in [-0.25, -0.2) is 0 Å². The predicted octanol–water partition coefficient (Wildman–Crippen LogP) is 6.73. The van der Waals surface area contributed by atoms with E-state index in [2.05, 4.69) is 23.6 Å². The summed E-state index contributed by atoms with van der Waals surface area (Å²) in [6.07, 6.45) is 4.41. The van der Waals surface area contributed by atoms with Gasteiger partial charge in [0, 0.05) is 45.0 Å². The topological polar surface area (TPSA) is 91.9 Å². The summed E-state index contributed by atoms with van der Waals surface area (Å²) in [7, 11) is 0. The van der Waals surface area contributed by atoms with E-state index in [0.717, 1.165) is 54.0 Å². The highest BCUT2D eigenvalue weighted by Crippen LogP contribution is 2.31. The monoisotopic (exact) mass is 470 g/mol. The van der Waals surface area contributed by atoms with Crippen molar-refractivity contribution < 1.29 is 19.9 Å². The molecule has 0 amide bonds. The summed E-state index contributed by atoms with van der Waals surface area (Å²) in [6.45, 7) is 4.91. The fourth-order valence-electron chi connectivity index (χ4n) is 4.60. The Morgan fingerprint density at radius 3 is 2.00 bits per heavy atom. The van der Waals surface area contributed by atoms with E-state index in [1.165, 1.54) is 12.1 Å². The van der Waals surface area contributed by atoms with Crippen LogP contribution in [0.2, 0.25) is 0 Å². The summed E-state index contributed by atoms with van der Waals surface area (Å²) in [6, 6.07) is 17.3. The number of unbranched alkanes of at least 4 members (excludes halogenated alkanes) is 3. The van der Waals surface area contributed by atoms with Gasteiger partial charge < -0.3 is 14.9 Å². The van der Waals surface area contributed by atoms with Gasteiger partial charge in [0.05, 0.1) is 0 Å². The summed E-state index contributed by atoms with van der Waals surface area (Å²) in [5.41, 5.74) is 3.60. The van der Waals surface area contributed by atoms with Crippen molar-refractivity contribution >= 4 is 39.1 Å². The number of carbonyl (C=O) groups is 2. The lowest BCUT2D eigenvalue weighted by atomic mass is 9.98. The zero-order chi connectivity index (χ0) is 24.9. The van der Waals surface area contributed by atoms with E-state index in [0.29, 0.717) is 23.1 Å². The fourth-order valence-corrected chi connectivity index (χ4v) is 4.60. The van der Waals surface area contributed by atoms with E-state index in [9.17, 15) is 19.9 Å². The van der Waals surface area contributed by atoms with E-state index >= 15 is 0 Å². The molecule has 0 aliphatic rings. The van der Waals surface area contributed by atoms with Crippen LogP contribution in [0.3, 0.4) is 0 Å². The van der Waals surface area contributed by atoms with Crippen LogP contribution < -0.4 is 0 Å². The maximum atomic E-state index is 13.1. The number of Topliss-reactive ketones (excluding diaryl/α,β-unsaturated/α-hetero) is 1. The van der Waals surface area contributed by atoms with Gasteiger partial charge in [-0.1, -0.05) is 31.3 Å². The maximum absolute atomic E-state index is 13.1. The Bertz CT molecular complexity index is 1410. The Hall–Kier alpha value is -3.93. The molecule has 0 aliphatic heterocycles. The van der Waals surface area contributed by atoms with Crippen molar-refractivity contribution in [2.45, 2.75) is 52.5 Å². The maximum Gasteiger partial charge on any atom is 0.210 e. The van der Waals surface area contributed by atoms with Crippen molar-refractivity contribution in [2.24, 2.45) is 5.16 Å². The second-order valence-corrected chi connectivity index (χ2v) is 8.77. The first-order valence-corrected chi connectivity index (χ1v) is 12.1. The Morgan fingerprint density at radius 1 is 0.800 bits per heavy atom. The first-order chi connectivity index (χ1) is 17.0. The second kappa shape index (κ2) is 10.6. The molecule has 0 unspecified atom stereocenters. The molecule has 0 radical (unpaired) electrons. The van der Waals surface area contributed by atoms with Crippen LogP contribution in [0, 0.1) is 0 Å². The number of oxime groups is 1. The van der Waals surface area contributed by atoms with Crippen LogP contribution in [0.15, 0.2) is 65.8 Å². The minimum absolute atomic E-state index is 0.108. The van der Waals surface area contributed by atoms with E-state index < -0.39 is 0 Å². The van der Waals surface area contributed by atoms with E-state index in [1.54, 1.807) is 24.3 Å². The van der Waals surface area contributed by atoms with Crippen molar-refractivity contribution in [1.82, 2.24) is 4.57 Å². The van der Waals surface area contributed by atoms with Gasteiger partial charge in [-0.15, -0.1) is 0 Å². The lowest BCUT2D eigenvalue weighted by Gasteiger charge is -2.06. The van der Waals surface area contributed by atoms with Crippen LogP contribution in [0.4, 0.5) is 0 Å². The molecule has 4 aromatic rings. The number of carbonyl (C=O) groups excluding carboxylic acids is 2. The van der Waals surface area contributed by atoms with Gasteiger partial charge >= 0.3 is 0 Å². The van der Waals surface area contributed by atoms with Crippen LogP contribution in [0.1, 0.15) is 72.2 Å². The van der Waals surface area contributed by atoms with Gasteiger partial charge in [0.15, 0.2) is 5.78 Å². The fraction of sp³-hybridized carbons (Fsp3) is 0.276. The summed E-state index contributed by atoms with van der Waals surface area (Å²) >= 11 is 0. The van der Waals surface area contributed by atoms with Crippen molar-refractivity contribution in [3.63, 3.8) is 0 Å². The summed E-state index contributed by atoms with van der Waals surface area (Å²) in [5.74, 6) is -0.311. The van der Waals surface area contributed by atoms with Gasteiger partial charge in [-0.05, 0) is 80.4 Å². The largest absolute Gasteiger partial charge is 0.508 e. The van der Waals surface area contributed by atoms with Crippen LogP contribution in [-0.2, 0) is 6.54 Å². The van der Waals surface area contributed by atoms with Gasteiger partial charge in [0.2, 0.25) is 5.78 Å². The van der Waals surface area contributed by atoms with Gasteiger partial charge in [-0.2, -0.15) is 0 Å². The number of hydrogen-bond acceptors (Lipinski definition) is 5. The van der Waals surface area contributed by atoms with E-state index in [1.807, 2.05) is 24.3 Å². The number of rotatable bonds is 10. The van der Waals surface area contributed by atoms with E-state index in [4.69, 9.17) is 0 Å². The predicted molar refractivity (Wildman–Crippen MR) is 139 cm³/mol. The smallest absolute Gasteiger partial charge is 0.210 e. The van der Waals surface area contributed by atoms with Crippen LogP contribution in [0.5, 0.6) is 5.75 Å². The lowest BCUT2D eigenvalue weighted by Crippen LogP contribution is -2.14. The van der Waals surface area contributed by atoms with Crippen molar-refractivity contribution in [3.05, 3.63) is 77.4 Å². The third-order valence-corrected chi connectivity index (χ3v) is 6.48. The Kier molecular flexibility index (Phi) is 7.30. The van der Waals surface area contributed by atoms with Crippen LogP contribution in [0.25, 0.3) is 21.8 Å². The number of benzene rings is 3. The molecule has 0 spiro atoms. The molecule has 1 heterocycles. The number of phenolic OH excluding ortho intramolecular Hbond substituents is 1. The van der Waals surface area contributed by atoms with Gasteiger partial charge in [-0.3, -0.25) is 9.59 Å². The molecule has 0 fully saturated rings. The number of aryl methyl sites for hydroxylation is 1. The molecular formula is C29H30N2O4. The SMILES string of the molecule is CCCCCC/C(=N\O)C(=O)c1ccc2c(c1)c1cc(C(=O)c3ccc(O)cc3)ccc1n2CC. The number of hydrogen-bond donors (Lipinski definition) is 2. The first-order valence-electron chi connectivity index (χ1n) is 12.1. The van der Waals surface area contributed by atoms with Gasteiger partial charge in [0.1, 0.15) is 11.5 Å². The lowest BCUT2D eigenvalue weighted by molar-refractivity contribution is 0.103.